The van der Waals surface area contributed by atoms with Crippen LogP contribution in [0.3, 0.4) is 0 Å². The summed E-state index contributed by atoms with van der Waals surface area (Å²) < 4.78 is 4.47. The molecule has 1 unspecified atom stereocenters. The van der Waals surface area contributed by atoms with Gasteiger partial charge in [-0.15, -0.1) is 0 Å². The average Bonchev–Trinajstić information content (AvgIpc) is 2.19. The van der Waals surface area contributed by atoms with Crippen molar-refractivity contribution in [2.24, 2.45) is 0 Å². The molecular weight excluding hydrogens is 184 g/mol. The molecular formula is C10H12O4. The number of carbonyl (C=O) groups is 1. The van der Waals surface area contributed by atoms with Crippen LogP contribution in [-0.2, 0) is 9.53 Å². The highest BCUT2D eigenvalue weighted by Gasteiger charge is 2.27. The van der Waals surface area contributed by atoms with E-state index in [1.807, 2.05) is 0 Å². The van der Waals surface area contributed by atoms with E-state index < -0.39 is 18.2 Å². The van der Waals surface area contributed by atoms with Crippen LogP contribution in [0.5, 0.6) is 0 Å². The van der Waals surface area contributed by atoms with Crippen LogP contribution in [-0.4, -0.2) is 29.6 Å². The molecule has 1 rings (SSSR count). The lowest BCUT2D eigenvalue weighted by molar-refractivity contribution is -0.153. The molecule has 0 saturated heterocycles. The van der Waals surface area contributed by atoms with E-state index >= 15 is 0 Å². The Morgan fingerprint density at radius 1 is 1.29 bits per heavy atom. The van der Waals surface area contributed by atoms with Crippen LogP contribution < -0.4 is 0 Å². The molecule has 0 spiro atoms. The van der Waals surface area contributed by atoms with E-state index in [9.17, 15) is 4.79 Å². The van der Waals surface area contributed by atoms with Gasteiger partial charge < -0.3 is 14.9 Å². The summed E-state index contributed by atoms with van der Waals surface area (Å²) >= 11 is 0. The third-order valence-electron chi connectivity index (χ3n) is 1.91. The molecule has 0 amide bonds. The molecule has 1 aromatic rings. The molecule has 0 bridgehead atoms. The van der Waals surface area contributed by atoms with Gasteiger partial charge in [-0.2, -0.15) is 0 Å². The Bertz CT molecular complexity index is 294. The number of hydrogen-bond donors (Lipinski definition) is 2. The molecule has 2 N–H and O–H groups in total. The Kier molecular flexibility index (Phi) is 3.62. The molecule has 4 heteroatoms. The van der Waals surface area contributed by atoms with E-state index in [0.29, 0.717) is 5.56 Å². The summed E-state index contributed by atoms with van der Waals surface area (Å²) in [6, 6.07) is 8.49. The van der Waals surface area contributed by atoms with Crippen LogP contribution >= 0.6 is 0 Å². The minimum atomic E-state index is -1.75. The van der Waals surface area contributed by atoms with Crippen LogP contribution in [0, 0.1) is 0 Å². The topological polar surface area (TPSA) is 66.8 Å². The van der Waals surface area contributed by atoms with Crippen molar-refractivity contribution in [2.75, 3.05) is 7.11 Å². The molecule has 1 atom stereocenters. The predicted molar refractivity (Wildman–Crippen MR) is 49.4 cm³/mol. The summed E-state index contributed by atoms with van der Waals surface area (Å²) in [7, 11) is 1.21. The fourth-order valence-corrected chi connectivity index (χ4v) is 1.22. The zero-order valence-corrected chi connectivity index (χ0v) is 7.75. The van der Waals surface area contributed by atoms with Gasteiger partial charge in [-0.25, -0.2) is 0 Å². The van der Waals surface area contributed by atoms with Gasteiger partial charge in [0.25, 0.3) is 0 Å². The maximum Gasteiger partial charge on any atom is 0.318 e. The maximum atomic E-state index is 11.2. The summed E-state index contributed by atoms with van der Waals surface area (Å²) in [5, 5.41) is 18.0. The summed E-state index contributed by atoms with van der Waals surface area (Å²) in [5.41, 5.74) is 0.523. The van der Waals surface area contributed by atoms with Crippen LogP contribution in [0.25, 0.3) is 0 Å². The van der Waals surface area contributed by atoms with Crippen molar-refractivity contribution in [3.8, 4) is 0 Å². The van der Waals surface area contributed by atoms with Gasteiger partial charge in [0.1, 0.15) is 5.92 Å². The van der Waals surface area contributed by atoms with Gasteiger partial charge in [-0.05, 0) is 5.56 Å². The molecule has 0 aliphatic carbocycles. The molecule has 0 heterocycles. The number of aliphatic hydroxyl groups excluding tert-OH is 1. The number of ether oxygens (including phenoxy) is 1. The first kappa shape index (κ1) is 10.7. The number of carbonyl (C=O) groups excluding carboxylic acids is 1. The first-order chi connectivity index (χ1) is 6.66. The highest BCUT2D eigenvalue weighted by Crippen LogP contribution is 2.19. The van der Waals surface area contributed by atoms with Crippen molar-refractivity contribution in [2.45, 2.75) is 12.2 Å². The zero-order chi connectivity index (χ0) is 10.6. The van der Waals surface area contributed by atoms with E-state index in [1.165, 1.54) is 7.11 Å². The smallest absolute Gasteiger partial charge is 0.318 e. The van der Waals surface area contributed by atoms with E-state index in [-0.39, 0.29) is 0 Å². The molecule has 76 valence electrons. The minimum absolute atomic E-state index is 0.523. The highest BCUT2D eigenvalue weighted by molar-refractivity contribution is 5.78. The van der Waals surface area contributed by atoms with Gasteiger partial charge in [0.2, 0.25) is 0 Å². The van der Waals surface area contributed by atoms with Crippen molar-refractivity contribution in [1.82, 2.24) is 0 Å². The Labute approximate surface area is 81.8 Å². The second-order valence-electron chi connectivity index (χ2n) is 2.83. The number of rotatable bonds is 3. The number of benzene rings is 1. The lowest BCUT2D eigenvalue weighted by Gasteiger charge is -2.16. The fraction of sp³-hybridized carbons (Fsp3) is 0.300. The SMILES string of the molecule is COC(=O)C(c1ccccc1)C(O)O. The van der Waals surface area contributed by atoms with E-state index in [0.717, 1.165) is 0 Å². The Morgan fingerprint density at radius 3 is 2.29 bits per heavy atom. The highest BCUT2D eigenvalue weighted by atomic mass is 16.5. The van der Waals surface area contributed by atoms with Gasteiger partial charge in [-0.3, -0.25) is 4.79 Å². The second-order valence-corrected chi connectivity index (χ2v) is 2.83. The van der Waals surface area contributed by atoms with E-state index in [2.05, 4.69) is 4.74 Å². The summed E-state index contributed by atoms with van der Waals surface area (Å²) in [4.78, 5) is 11.2. The first-order valence-electron chi connectivity index (χ1n) is 4.15. The third-order valence-corrected chi connectivity index (χ3v) is 1.91. The summed E-state index contributed by atoms with van der Waals surface area (Å²) in [6.45, 7) is 0. The largest absolute Gasteiger partial charge is 0.468 e. The molecule has 0 fully saturated rings. The van der Waals surface area contributed by atoms with Crippen molar-refractivity contribution in [1.29, 1.82) is 0 Å². The van der Waals surface area contributed by atoms with Crippen LogP contribution in [0.1, 0.15) is 11.5 Å². The third kappa shape index (κ3) is 2.31. The number of esters is 1. The predicted octanol–water partition coefficient (Wildman–Crippen LogP) is 0.254. The van der Waals surface area contributed by atoms with Gasteiger partial charge >= 0.3 is 5.97 Å². The number of methoxy groups -OCH3 is 1. The molecule has 1 aromatic carbocycles. The standard InChI is InChI=1S/C10H12O4/c1-14-10(13)8(9(11)12)7-5-3-2-4-6-7/h2-6,8-9,11-12H,1H3. The van der Waals surface area contributed by atoms with Crippen LogP contribution in [0.2, 0.25) is 0 Å². The summed E-state index contributed by atoms with van der Waals surface area (Å²) in [6.07, 6.45) is -1.75. The Hall–Kier alpha value is -1.39. The molecule has 0 saturated carbocycles. The molecule has 14 heavy (non-hydrogen) atoms. The monoisotopic (exact) mass is 196 g/mol. The van der Waals surface area contributed by atoms with Gasteiger partial charge in [-0.1, -0.05) is 30.3 Å². The van der Waals surface area contributed by atoms with Gasteiger partial charge in [0.15, 0.2) is 6.29 Å². The van der Waals surface area contributed by atoms with Crippen LogP contribution in [0.15, 0.2) is 30.3 Å². The minimum Gasteiger partial charge on any atom is -0.468 e. The van der Waals surface area contributed by atoms with E-state index in [1.54, 1.807) is 30.3 Å². The van der Waals surface area contributed by atoms with Crippen molar-refractivity contribution in [3.63, 3.8) is 0 Å². The fourth-order valence-electron chi connectivity index (χ4n) is 1.22. The Balaban J connectivity index is 2.95. The maximum absolute atomic E-state index is 11.2. The molecule has 4 nitrogen and oxygen atoms in total. The Morgan fingerprint density at radius 2 is 1.86 bits per heavy atom. The van der Waals surface area contributed by atoms with Crippen molar-refractivity contribution < 1.29 is 19.7 Å². The van der Waals surface area contributed by atoms with Crippen molar-refractivity contribution >= 4 is 5.97 Å². The number of aliphatic hydroxyl groups is 2. The molecule has 0 aliphatic rings. The zero-order valence-electron chi connectivity index (χ0n) is 7.75. The van der Waals surface area contributed by atoms with Crippen LogP contribution in [0.4, 0.5) is 0 Å². The van der Waals surface area contributed by atoms with Gasteiger partial charge in [0.05, 0.1) is 7.11 Å². The van der Waals surface area contributed by atoms with E-state index in [4.69, 9.17) is 10.2 Å². The normalized spacial score (nSPS) is 12.6. The lowest BCUT2D eigenvalue weighted by Crippen LogP contribution is -2.26. The second kappa shape index (κ2) is 4.74. The number of hydrogen-bond acceptors (Lipinski definition) is 4. The quantitative estimate of drug-likeness (QED) is 0.537. The first-order valence-corrected chi connectivity index (χ1v) is 4.15. The lowest BCUT2D eigenvalue weighted by atomic mass is 9.99. The molecule has 0 aliphatic heterocycles. The molecule has 0 radical (unpaired) electrons. The molecule has 0 aromatic heterocycles. The summed E-state index contributed by atoms with van der Waals surface area (Å²) in [5.74, 6) is -1.70. The van der Waals surface area contributed by atoms with Gasteiger partial charge in [0, 0.05) is 0 Å². The van der Waals surface area contributed by atoms with Crippen molar-refractivity contribution in [3.05, 3.63) is 35.9 Å². The average molecular weight is 196 g/mol.